The van der Waals surface area contributed by atoms with Crippen LogP contribution < -0.4 is 15.4 Å². The molecule has 0 fully saturated rings. The highest BCUT2D eigenvalue weighted by Gasteiger charge is 2.17. The molecule has 10 heteroatoms. The fourth-order valence-corrected chi connectivity index (χ4v) is 3.91. The van der Waals surface area contributed by atoms with Crippen LogP contribution in [0, 0.1) is 6.92 Å². The molecule has 2 amide bonds. The minimum atomic E-state index is -0.428. The second kappa shape index (κ2) is 11.0. The van der Waals surface area contributed by atoms with E-state index in [2.05, 4.69) is 27.7 Å². The van der Waals surface area contributed by atoms with Gasteiger partial charge in [-0.15, -0.1) is 23.1 Å². The van der Waals surface area contributed by atoms with Crippen molar-refractivity contribution in [3.05, 3.63) is 41.5 Å². The maximum Gasteiger partial charge on any atom is 0.238 e. The molecule has 31 heavy (non-hydrogen) atoms. The van der Waals surface area contributed by atoms with Gasteiger partial charge in [0.2, 0.25) is 11.8 Å². The topological polar surface area (TPSA) is 106 Å². The number of rotatable bonds is 10. The number of aryl methyl sites for hydroxylation is 1. The van der Waals surface area contributed by atoms with Crippen LogP contribution in [-0.4, -0.2) is 39.6 Å². The maximum atomic E-state index is 12.3. The van der Waals surface area contributed by atoms with Gasteiger partial charge in [-0.3, -0.25) is 9.59 Å². The first-order valence-corrected chi connectivity index (χ1v) is 11.7. The van der Waals surface area contributed by atoms with E-state index >= 15 is 0 Å². The van der Waals surface area contributed by atoms with E-state index in [1.54, 1.807) is 19.9 Å². The van der Waals surface area contributed by atoms with E-state index in [4.69, 9.17) is 9.26 Å². The van der Waals surface area contributed by atoms with E-state index < -0.39 is 5.25 Å². The Balaban J connectivity index is 1.46. The number of carbonyl (C=O) groups excluding carboxylic acids is 2. The number of benzene rings is 1. The predicted octanol–water partition coefficient (Wildman–Crippen LogP) is 4.59. The summed E-state index contributed by atoms with van der Waals surface area (Å²) in [6.45, 7) is 6.22. The summed E-state index contributed by atoms with van der Waals surface area (Å²) in [6.07, 6.45) is 0.958. The number of carbonyl (C=O) groups is 2. The average molecular weight is 461 g/mol. The molecule has 0 bridgehead atoms. The molecule has 2 heterocycles. The maximum absolute atomic E-state index is 12.3. The number of aromatic nitrogens is 2. The normalized spacial score (nSPS) is 11.7. The molecular formula is C21H24N4O4S2. The lowest BCUT2D eigenvalue weighted by Crippen LogP contribution is -2.25. The molecule has 0 spiro atoms. The molecule has 0 aliphatic carbocycles. The summed E-state index contributed by atoms with van der Waals surface area (Å²) in [5.74, 6) is 1.46. The van der Waals surface area contributed by atoms with E-state index in [1.807, 2.05) is 29.6 Å². The highest BCUT2D eigenvalue weighted by molar-refractivity contribution is 8.01. The van der Waals surface area contributed by atoms with Crippen LogP contribution in [0.2, 0.25) is 0 Å². The van der Waals surface area contributed by atoms with Crippen molar-refractivity contribution in [2.45, 2.75) is 32.4 Å². The van der Waals surface area contributed by atoms with Crippen molar-refractivity contribution >= 4 is 45.9 Å². The number of nitrogens with one attached hydrogen (secondary N) is 2. The summed E-state index contributed by atoms with van der Waals surface area (Å²) in [5.41, 5.74) is 1.73. The van der Waals surface area contributed by atoms with Crippen molar-refractivity contribution in [1.82, 2.24) is 10.1 Å². The smallest absolute Gasteiger partial charge is 0.238 e. The lowest BCUT2D eigenvalue weighted by molar-refractivity contribution is -0.115. The van der Waals surface area contributed by atoms with Crippen LogP contribution in [0.5, 0.6) is 5.75 Å². The summed E-state index contributed by atoms with van der Waals surface area (Å²) in [4.78, 5) is 28.9. The number of thiazole rings is 1. The second-order valence-electron chi connectivity index (χ2n) is 6.72. The Labute approximate surface area is 188 Å². The summed E-state index contributed by atoms with van der Waals surface area (Å²) in [6, 6.07) is 9.34. The Morgan fingerprint density at radius 2 is 2.03 bits per heavy atom. The fraction of sp³-hybridized carbons (Fsp3) is 0.333. The SMILES string of the molecule is CCCOc1ccc(-c2csc(NC(=O)CSC(C)C(=O)Nc3cc(C)on3)n2)cc1. The average Bonchev–Trinajstić information content (AvgIpc) is 3.39. The number of ether oxygens (including phenoxy) is 1. The van der Waals surface area contributed by atoms with E-state index in [0.29, 0.717) is 23.3 Å². The highest BCUT2D eigenvalue weighted by atomic mass is 32.2. The molecule has 3 rings (SSSR count). The molecule has 1 atom stereocenters. The Morgan fingerprint density at radius 1 is 1.26 bits per heavy atom. The molecule has 1 aromatic carbocycles. The van der Waals surface area contributed by atoms with Crippen LogP contribution >= 0.6 is 23.1 Å². The third-order valence-electron chi connectivity index (χ3n) is 4.09. The number of thioether (sulfide) groups is 1. The Morgan fingerprint density at radius 3 is 2.71 bits per heavy atom. The van der Waals surface area contributed by atoms with Gasteiger partial charge in [0.1, 0.15) is 11.5 Å². The number of nitrogens with zero attached hydrogens (tertiary/aromatic N) is 2. The molecule has 2 aromatic heterocycles. The van der Waals surface area contributed by atoms with Crippen molar-refractivity contribution in [1.29, 1.82) is 0 Å². The summed E-state index contributed by atoms with van der Waals surface area (Å²) < 4.78 is 10.5. The number of hydrogen-bond acceptors (Lipinski definition) is 8. The minimum Gasteiger partial charge on any atom is -0.494 e. The highest BCUT2D eigenvalue weighted by Crippen LogP contribution is 2.27. The second-order valence-corrected chi connectivity index (χ2v) is 8.91. The van der Waals surface area contributed by atoms with Crippen LogP contribution in [0.4, 0.5) is 10.9 Å². The first-order valence-electron chi connectivity index (χ1n) is 9.79. The van der Waals surface area contributed by atoms with Crippen molar-refractivity contribution in [2.24, 2.45) is 0 Å². The molecule has 0 radical (unpaired) electrons. The van der Waals surface area contributed by atoms with Crippen LogP contribution in [0.25, 0.3) is 11.3 Å². The first-order chi connectivity index (χ1) is 14.9. The number of anilines is 2. The molecule has 0 saturated heterocycles. The van der Waals surface area contributed by atoms with Crippen LogP contribution in [0.15, 0.2) is 40.2 Å². The monoisotopic (exact) mass is 460 g/mol. The van der Waals surface area contributed by atoms with Gasteiger partial charge in [0.25, 0.3) is 0 Å². The van der Waals surface area contributed by atoms with E-state index in [-0.39, 0.29) is 17.6 Å². The third kappa shape index (κ3) is 6.83. The quantitative estimate of drug-likeness (QED) is 0.455. The van der Waals surface area contributed by atoms with Gasteiger partial charge in [-0.1, -0.05) is 12.1 Å². The van der Waals surface area contributed by atoms with E-state index in [9.17, 15) is 9.59 Å². The molecule has 2 N–H and O–H groups in total. The number of hydrogen-bond donors (Lipinski definition) is 2. The molecule has 8 nitrogen and oxygen atoms in total. The Bertz CT molecular complexity index is 1020. The van der Waals surface area contributed by atoms with Crippen molar-refractivity contribution in [3.8, 4) is 17.0 Å². The van der Waals surface area contributed by atoms with Crippen LogP contribution in [0.3, 0.4) is 0 Å². The molecule has 164 valence electrons. The van der Waals surface area contributed by atoms with Gasteiger partial charge < -0.3 is 19.9 Å². The molecule has 1 unspecified atom stereocenters. The molecule has 0 aliphatic heterocycles. The van der Waals surface area contributed by atoms with Gasteiger partial charge in [0.05, 0.1) is 23.3 Å². The van der Waals surface area contributed by atoms with Crippen molar-refractivity contribution in [2.75, 3.05) is 23.0 Å². The molecular weight excluding hydrogens is 436 g/mol. The predicted molar refractivity (Wildman–Crippen MR) is 124 cm³/mol. The number of amides is 2. The molecule has 3 aromatic rings. The van der Waals surface area contributed by atoms with E-state index in [0.717, 1.165) is 23.4 Å². The van der Waals surface area contributed by atoms with E-state index in [1.165, 1.54) is 23.1 Å². The summed E-state index contributed by atoms with van der Waals surface area (Å²) in [7, 11) is 0. The van der Waals surface area contributed by atoms with Gasteiger partial charge in [0, 0.05) is 17.0 Å². The zero-order valence-corrected chi connectivity index (χ0v) is 19.1. The van der Waals surface area contributed by atoms with Gasteiger partial charge in [-0.05, 0) is 44.5 Å². The Kier molecular flexibility index (Phi) is 8.07. The third-order valence-corrected chi connectivity index (χ3v) is 5.99. The van der Waals surface area contributed by atoms with Crippen molar-refractivity contribution in [3.63, 3.8) is 0 Å². The summed E-state index contributed by atoms with van der Waals surface area (Å²) >= 11 is 2.58. The van der Waals surface area contributed by atoms with Crippen LogP contribution in [0.1, 0.15) is 26.0 Å². The van der Waals surface area contributed by atoms with Gasteiger partial charge >= 0.3 is 0 Å². The standard InChI is InChI=1S/C21H24N4O4S2/c1-4-9-28-16-7-5-15(6-8-16)17-11-31-21(22-17)24-19(26)12-30-14(3)20(27)23-18-10-13(2)29-25-18/h5-8,10-11,14H,4,9,12H2,1-3H3,(H,22,24,26)(H,23,25,27). The fourth-order valence-electron chi connectivity index (χ4n) is 2.49. The van der Waals surface area contributed by atoms with Gasteiger partial charge in [0.15, 0.2) is 10.9 Å². The summed E-state index contributed by atoms with van der Waals surface area (Å²) in [5, 5.41) is 11.1. The zero-order chi connectivity index (χ0) is 22.2. The lowest BCUT2D eigenvalue weighted by Gasteiger charge is -2.09. The van der Waals surface area contributed by atoms with Gasteiger partial charge in [-0.2, -0.15) is 0 Å². The molecule has 0 aliphatic rings. The Hall–Kier alpha value is -2.85. The largest absolute Gasteiger partial charge is 0.494 e. The van der Waals surface area contributed by atoms with Gasteiger partial charge in [-0.25, -0.2) is 4.98 Å². The van der Waals surface area contributed by atoms with Crippen LogP contribution in [-0.2, 0) is 9.59 Å². The lowest BCUT2D eigenvalue weighted by atomic mass is 10.2. The zero-order valence-electron chi connectivity index (χ0n) is 17.5. The first kappa shape index (κ1) is 22.8. The molecule has 0 saturated carbocycles. The van der Waals surface area contributed by atoms with Crippen molar-refractivity contribution < 1.29 is 18.8 Å². The minimum absolute atomic E-state index is 0.130.